The summed E-state index contributed by atoms with van der Waals surface area (Å²) in [7, 11) is 0. The first-order valence-electron chi connectivity index (χ1n) is 14.3. The molecule has 3 aromatic heterocycles. The average molecular weight is 493 g/mol. The Balaban J connectivity index is 1.79. The van der Waals surface area contributed by atoms with Gasteiger partial charge in [0, 0.05) is 50.9 Å². The number of nitrogens with zero attached hydrogens (tertiary/aromatic N) is 2. The predicted octanol–water partition coefficient (Wildman–Crippen LogP) is 8.62. The number of aromatic amines is 2. The van der Waals surface area contributed by atoms with Crippen molar-refractivity contribution < 1.29 is 0 Å². The van der Waals surface area contributed by atoms with Crippen molar-refractivity contribution in [1.29, 1.82) is 0 Å². The first-order chi connectivity index (χ1) is 17.9. The van der Waals surface area contributed by atoms with E-state index >= 15 is 0 Å². The number of fused-ring (bicyclic) bond motifs is 8. The zero-order valence-electron chi connectivity index (χ0n) is 23.5. The van der Waals surface area contributed by atoms with Gasteiger partial charge in [-0.1, -0.05) is 34.1 Å². The Bertz CT molecular complexity index is 1610. The molecule has 6 rings (SSSR count). The highest BCUT2D eigenvalue weighted by atomic mass is 14.8. The maximum atomic E-state index is 5.38. The highest BCUT2D eigenvalue weighted by Gasteiger charge is 2.34. The van der Waals surface area contributed by atoms with Gasteiger partial charge in [0.2, 0.25) is 0 Å². The van der Waals surface area contributed by atoms with Crippen molar-refractivity contribution in [1.82, 2.24) is 19.9 Å². The van der Waals surface area contributed by atoms with E-state index in [4.69, 9.17) is 9.97 Å². The van der Waals surface area contributed by atoms with Crippen LogP contribution in [0.4, 0.5) is 0 Å². The van der Waals surface area contributed by atoms with Crippen LogP contribution in [0.5, 0.6) is 0 Å². The van der Waals surface area contributed by atoms with E-state index in [2.05, 4.69) is 76.6 Å². The Kier molecular flexibility index (Phi) is 5.89. The van der Waals surface area contributed by atoms with Gasteiger partial charge in [0.25, 0.3) is 0 Å². The van der Waals surface area contributed by atoms with Gasteiger partial charge in [-0.25, -0.2) is 4.98 Å². The average Bonchev–Trinajstić information content (AvgIpc) is 3.64. The molecular formula is C33H40N4. The number of rotatable bonds is 4. The fourth-order valence-electron chi connectivity index (χ4n) is 7.07. The van der Waals surface area contributed by atoms with E-state index in [0.29, 0.717) is 11.8 Å². The number of hydrogen-bond donors (Lipinski definition) is 2. The first-order valence-corrected chi connectivity index (χ1v) is 14.3. The first kappa shape index (κ1) is 24.2. The third-order valence-electron chi connectivity index (χ3n) is 9.32. The molecular weight excluding hydrogens is 452 g/mol. The summed E-state index contributed by atoms with van der Waals surface area (Å²) >= 11 is 0. The number of hydrogen-bond acceptors (Lipinski definition) is 2. The van der Waals surface area contributed by atoms with Crippen LogP contribution in [-0.2, 0) is 19.3 Å². The monoisotopic (exact) mass is 492 g/mol. The molecule has 8 bridgehead atoms. The predicted molar refractivity (Wildman–Crippen MR) is 156 cm³/mol. The third kappa shape index (κ3) is 3.63. The summed E-state index contributed by atoms with van der Waals surface area (Å²) in [5, 5.41) is 0. The molecule has 0 unspecified atom stereocenters. The summed E-state index contributed by atoms with van der Waals surface area (Å²) in [5.41, 5.74) is 19.2. The Morgan fingerprint density at radius 1 is 0.811 bits per heavy atom. The fourth-order valence-corrected chi connectivity index (χ4v) is 7.07. The lowest BCUT2D eigenvalue weighted by molar-refractivity contribution is 0.546. The summed E-state index contributed by atoms with van der Waals surface area (Å²) in [6.45, 7) is 15.9. The van der Waals surface area contributed by atoms with E-state index in [1.54, 1.807) is 0 Å². The molecule has 0 aromatic carbocycles. The van der Waals surface area contributed by atoms with E-state index < -0.39 is 0 Å². The molecule has 1 aliphatic carbocycles. The van der Waals surface area contributed by atoms with Crippen LogP contribution >= 0.6 is 0 Å². The summed E-state index contributed by atoms with van der Waals surface area (Å²) in [6, 6.07) is 6.94. The minimum absolute atomic E-state index is 0.407. The highest BCUT2D eigenvalue weighted by molar-refractivity contribution is 5.95. The van der Waals surface area contributed by atoms with Crippen LogP contribution in [0.15, 0.2) is 18.2 Å². The second kappa shape index (κ2) is 9.01. The van der Waals surface area contributed by atoms with Crippen molar-refractivity contribution >= 4 is 33.2 Å². The molecule has 3 aromatic rings. The molecule has 192 valence electrons. The molecule has 0 spiro atoms. The molecule has 4 nitrogen and oxygen atoms in total. The van der Waals surface area contributed by atoms with Crippen molar-refractivity contribution in [2.45, 2.75) is 98.8 Å². The second-order valence-electron chi connectivity index (χ2n) is 11.3. The van der Waals surface area contributed by atoms with Gasteiger partial charge in [0.15, 0.2) is 0 Å². The number of allylic oxidation sites excluding steroid dienone is 2. The third-order valence-corrected chi connectivity index (χ3v) is 9.32. The molecule has 37 heavy (non-hydrogen) atoms. The largest absolute Gasteiger partial charge is 0.355 e. The molecule has 0 fully saturated rings. The molecule has 2 atom stereocenters. The minimum Gasteiger partial charge on any atom is -0.355 e. The lowest BCUT2D eigenvalue weighted by Crippen LogP contribution is -2.04. The number of aryl methyl sites for hydroxylation is 4. The standard InChI is InChI=1S/C33H40N4/c1-8-11-23-19(6)28-14-26-17(4)21(9-2)30(34-26)15-27-18(5)22(10-3)31(35-27)16-29-20(7)24-12-13-25(32(23)36-28)33(24)37-29/h14-16,19,23,34-35H,8-13H2,1-7H3/t19-,23-/m0/s1. The molecule has 4 heteroatoms. The highest BCUT2D eigenvalue weighted by Crippen LogP contribution is 2.47. The quantitative estimate of drug-likeness (QED) is 0.383. The van der Waals surface area contributed by atoms with Crippen LogP contribution in [0.2, 0.25) is 0 Å². The molecule has 2 aliphatic heterocycles. The van der Waals surface area contributed by atoms with Crippen LogP contribution in [0.1, 0.15) is 116 Å². The Hall–Kier alpha value is -3.14. The van der Waals surface area contributed by atoms with Gasteiger partial charge >= 0.3 is 0 Å². The maximum Gasteiger partial charge on any atom is 0.0722 e. The Morgan fingerprint density at radius 3 is 2.11 bits per heavy atom. The summed E-state index contributed by atoms with van der Waals surface area (Å²) in [5.74, 6) is 0.869. The van der Waals surface area contributed by atoms with Gasteiger partial charge in [-0.05, 0) is 104 Å². The molecule has 0 amide bonds. The smallest absolute Gasteiger partial charge is 0.0722 e. The van der Waals surface area contributed by atoms with Crippen LogP contribution in [0, 0.1) is 13.8 Å². The Labute approximate surface area is 220 Å². The van der Waals surface area contributed by atoms with Gasteiger partial charge in [-0.15, -0.1) is 0 Å². The SMILES string of the molecule is CCC[C@@H]1c2nc(cc3[nH]c(cc4[nH]c(cc5nc6c2CCC6=C5C)c(CC)c4C)c(CC)c3C)[C@H]1C. The molecule has 2 N–H and O–H groups in total. The zero-order valence-corrected chi connectivity index (χ0v) is 23.5. The molecule has 0 radical (unpaired) electrons. The molecule has 0 saturated carbocycles. The van der Waals surface area contributed by atoms with E-state index in [9.17, 15) is 0 Å². The van der Waals surface area contributed by atoms with Crippen molar-refractivity contribution in [3.8, 4) is 0 Å². The van der Waals surface area contributed by atoms with Gasteiger partial charge in [-0.3, -0.25) is 4.98 Å². The molecule has 0 saturated heterocycles. The van der Waals surface area contributed by atoms with E-state index in [-0.39, 0.29) is 0 Å². The van der Waals surface area contributed by atoms with Crippen LogP contribution < -0.4 is 0 Å². The lowest BCUT2D eigenvalue weighted by atomic mass is 9.86. The van der Waals surface area contributed by atoms with Gasteiger partial charge in [0.05, 0.1) is 11.4 Å². The second-order valence-corrected chi connectivity index (χ2v) is 11.3. The normalized spacial score (nSPS) is 18.8. The van der Waals surface area contributed by atoms with Crippen molar-refractivity contribution in [3.63, 3.8) is 0 Å². The van der Waals surface area contributed by atoms with Gasteiger partial charge in [-0.2, -0.15) is 0 Å². The maximum absolute atomic E-state index is 5.38. The summed E-state index contributed by atoms with van der Waals surface area (Å²) in [4.78, 5) is 18.2. The van der Waals surface area contributed by atoms with Crippen LogP contribution in [0.3, 0.4) is 0 Å². The van der Waals surface area contributed by atoms with Crippen molar-refractivity contribution in [3.05, 3.63) is 68.8 Å². The molecule has 5 heterocycles. The van der Waals surface area contributed by atoms with Crippen molar-refractivity contribution in [2.24, 2.45) is 0 Å². The van der Waals surface area contributed by atoms with E-state index in [1.165, 1.54) is 91.0 Å². The minimum atomic E-state index is 0.407. The zero-order chi connectivity index (χ0) is 26.0. The number of aromatic nitrogens is 4. The van der Waals surface area contributed by atoms with Crippen LogP contribution in [0.25, 0.3) is 33.2 Å². The van der Waals surface area contributed by atoms with Crippen molar-refractivity contribution in [2.75, 3.05) is 0 Å². The van der Waals surface area contributed by atoms with Crippen LogP contribution in [-0.4, -0.2) is 19.9 Å². The number of H-pyrrole nitrogens is 2. The Morgan fingerprint density at radius 2 is 1.46 bits per heavy atom. The van der Waals surface area contributed by atoms with E-state index in [1.807, 2.05) is 0 Å². The topological polar surface area (TPSA) is 57.4 Å². The van der Waals surface area contributed by atoms with Gasteiger partial charge in [0.1, 0.15) is 0 Å². The fraction of sp³-hybridized carbons (Fsp3) is 0.455. The van der Waals surface area contributed by atoms with E-state index in [0.717, 1.165) is 31.4 Å². The summed E-state index contributed by atoms with van der Waals surface area (Å²) in [6.07, 6.45) is 6.47. The van der Waals surface area contributed by atoms with Gasteiger partial charge < -0.3 is 9.97 Å². The molecule has 3 aliphatic rings. The lowest BCUT2D eigenvalue weighted by Gasteiger charge is -2.16. The number of nitrogens with one attached hydrogen (secondary N) is 2. The summed E-state index contributed by atoms with van der Waals surface area (Å²) < 4.78 is 0.